The van der Waals surface area contributed by atoms with Gasteiger partial charge < -0.3 is 20.5 Å². The zero-order chi connectivity index (χ0) is 12.1. The van der Waals surface area contributed by atoms with E-state index in [0.717, 1.165) is 45.8 Å². The Morgan fingerprint density at radius 1 is 1.29 bits per heavy atom. The molecule has 0 amide bonds. The summed E-state index contributed by atoms with van der Waals surface area (Å²) in [6.45, 7) is 7.35. The molecule has 17 heavy (non-hydrogen) atoms. The topological polar surface area (TPSA) is 62.0 Å². The maximum absolute atomic E-state index is 8.90. The monoisotopic (exact) mass is 243 g/mol. The summed E-state index contributed by atoms with van der Waals surface area (Å²) in [4.78, 5) is 5.02. The maximum Gasteiger partial charge on any atom is 0.0594 e. The molecule has 2 heterocycles. The molecule has 0 radical (unpaired) electrons. The van der Waals surface area contributed by atoms with Crippen LogP contribution in [0.2, 0.25) is 0 Å². The van der Waals surface area contributed by atoms with Crippen molar-refractivity contribution in [3.05, 3.63) is 0 Å². The van der Waals surface area contributed by atoms with E-state index in [4.69, 9.17) is 15.6 Å². The summed E-state index contributed by atoms with van der Waals surface area (Å²) in [6, 6.07) is 0.640. The van der Waals surface area contributed by atoms with Crippen LogP contribution in [-0.4, -0.2) is 79.5 Å². The SMILES string of the molecule is NC(CO)CCN1CCC(N2CCOCC2)C1. The zero-order valence-corrected chi connectivity index (χ0v) is 10.6. The third-order valence-electron chi connectivity index (χ3n) is 3.86. The van der Waals surface area contributed by atoms with Crippen molar-refractivity contribution in [2.45, 2.75) is 24.9 Å². The molecule has 0 aromatic rings. The Hall–Kier alpha value is -0.200. The number of hydrogen-bond acceptors (Lipinski definition) is 5. The van der Waals surface area contributed by atoms with Gasteiger partial charge in [-0.3, -0.25) is 4.90 Å². The van der Waals surface area contributed by atoms with Crippen molar-refractivity contribution in [2.75, 3.05) is 52.5 Å². The van der Waals surface area contributed by atoms with Gasteiger partial charge in [0.25, 0.3) is 0 Å². The highest BCUT2D eigenvalue weighted by atomic mass is 16.5. The molecule has 2 aliphatic rings. The van der Waals surface area contributed by atoms with Crippen LogP contribution in [0.4, 0.5) is 0 Å². The van der Waals surface area contributed by atoms with Crippen LogP contribution in [0.1, 0.15) is 12.8 Å². The van der Waals surface area contributed by atoms with Gasteiger partial charge in [0, 0.05) is 31.7 Å². The van der Waals surface area contributed by atoms with Gasteiger partial charge in [-0.25, -0.2) is 0 Å². The molecule has 2 aliphatic heterocycles. The summed E-state index contributed by atoms with van der Waals surface area (Å²) in [7, 11) is 0. The summed E-state index contributed by atoms with van der Waals surface area (Å²) in [5.41, 5.74) is 5.72. The second kappa shape index (κ2) is 6.66. The van der Waals surface area contributed by atoms with Gasteiger partial charge in [0.05, 0.1) is 19.8 Å². The molecule has 2 saturated heterocycles. The van der Waals surface area contributed by atoms with Gasteiger partial charge in [-0.1, -0.05) is 0 Å². The van der Waals surface area contributed by atoms with Gasteiger partial charge in [-0.2, -0.15) is 0 Å². The number of morpholine rings is 1. The molecule has 0 aliphatic carbocycles. The Morgan fingerprint density at radius 3 is 2.76 bits per heavy atom. The van der Waals surface area contributed by atoms with Gasteiger partial charge in [0.2, 0.25) is 0 Å². The van der Waals surface area contributed by atoms with Crippen LogP contribution in [0.15, 0.2) is 0 Å². The largest absolute Gasteiger partial charge is 0.395 e. The summed E-state index contributed by atoms with van der Waals surface area (Å²) >= 11 is 0. The van der Waals surface area contributed by atoms with Crippen molar-refractivity contribution in [3.63, 3.8) is 0 Å². The van der Waals surface area contributed by atoms with Crippen LogP contribution < -0.4 is 5.73 Å². The molecule has 0 saturated carbocycles. The second-order valence-corrected chi connectivity index (χ2v) is 5.12. The highest BCUT2D eigenvalue weighted by Gasteiger charge is 2.28. The van der Waals surface area contributed by atoms with Crippen LogP contribution in [0.25, 0.3) is 0 Å². The molecular weight excluding hydrogens is 218 g/mol. The molecule has 100 valence electrons. The summed E-state index contributed by atoms with van der Waals surface area (Å²) < 4.78 is 5.38. The minimum atomic E-state index is -0.0579. The van der Waals surface area contributed by atoms with E-state index >= 15 is 0 Å². The van der Waals surface area contributed by atoms with Crippen molar-refractivity contribution < 1.29 is 9.84 Å². The van der Waals surface area contributed by atoms with Gasteiger partial charge in [-0.15, -0.1) is 0 Å². The van der Waals surface area contributed by atoms with Gasteiger partial charge in [0.1, 0.15) is 0 Å². The number of likely N-dealkylation sites (tertiary alicyclic amines) is 1. The number of ether oxygens (including phenoxy) is 1. The third-order valence-corrected chi connectivity index (χ3v) is 3.86. The van der Waals surface area contributed by atoms with Gasteiger partial charge in [-0.05, 0) is 25.9 Å². The molecular formula is C12H25N3O2. The second-order valence-electron chi connectivity index (χ2n) is 5.12. The van der Waals surface area contributed by atoms with Crippen molar-refractivity contribution in [1.82, 2.24) is 9.80 Å². The number of nitrogens with zero attached hydrogens (tertiary/aromatic N) is 2. The van der Waals surface area contributed by atoms with E-state index in [1.54, 1.807) is 0 Å². The molecule has 2 unspecified atom stereocenters. The predicted molar refractivity (Wildman–Crippen MR) is 66.9 cm³/mol. The van der Waals surface area contributed by atoms with Crippen LogP contribution in [0, 0.1) is 0 Å². The number of rotatable bonds is 5. The van der Waals surface area contributed by atoms with E-state index in [-0.39, 0.29) is 12.6 Å². The Morgan fingerprint density at radius 2 is 2.06 bits per heavy atom. The summed E-state index contributed by atoms with van der Waals surface area (Å²) in [6.07, 6.45) is 2.15. The van der Waals surface area contributed by atoms with Gasteiger partial charge in [0.15, 0.2) is 0 Å². The van der Waals surface area contributed by atoms with Crippen molar-refractivity contribution in [2.24, 2.45) is 5.73 Å². The molecule has 0 spiro atoms. The Kier molecular flexibility index (Phi) is 5.18. The van der Waals surface area contributed by atoms with Crippen molar-refractivity contribution in [3.8, 4) is 0 Å². The summed E-state index contributed by atoms with van der Waals surface area (Å²) in [5.74, 6) is 0. The van der Waals surface area contributed by atoms with Crippen LogP contribution in [0.3, 0.4) is 0 Å². The average molecular weight is 243 g/mol. The molecule has 0 bridgehead atoms. The maximum atomic E-state index is 8.90. The van der Waals surface area contributed by atoms with E-state index in [1.807, 2.05) is 0 Å². The molecule has 2 fully saturated rings. The fraction of sp³-hybridized carbons (Fsp3) is 1.00. The highest BCUT2D eigenvalue weighted by Crippen LogP contribution is 2.17. The van der Waals surface area contributed by atoms with E-state index in [9.17, 15) is 0 Å². The molecule has 5 nitrogen and oxygen atoms in total. The molecule has 0 aromatic heterocycles. The van der Waals surface area contributed by atoms with Crippen molar-refractivity contribution >= 4 is 0 Å². The minimum absolute atomic E-state index is 0.0579. The molecule has 2 atom stereocenters. The normalized spacial score (nSPS) is 29.6. The lowest BCUT2D eigenvalue weighted by Gasteiger charge is -2.32. The van der Waals surface area contributed by atoms with Crippen LogP contribution in [-0.2, 0) is 4.74 Å². The third kappa shape index (κ3) is 3.89. The number of aliphatic hydroxyl groups excluding tert-OH is 1. The van der Waals surface area contributed by atoms with E-state index < -0.39 is 0 Å². The number of nitrogens with two attached hydrogens (primary N) is 1. The van der Waals surface area contributed by atoms with E-state index in [2.05, 4.69) is 9.80 Å². The Bertz CT molecular complexity index is 222. The fourth-order valence-electron chi connectivity index (χ4n) is 2.70. The smallest absolute Gasteiger partial charge is 0.0594 e. The van der Waals surface area contributed by atoms with Crippen LogP contribution >= 0.6 is 0 Å². The van der Waals surface area contributed by atoms with E-state index in [0.29, 0.717) is 6.04 Å². The van der Waals surface area contributed by atoms with Crippen LogP contribution in [0.5, 0.6) is 0 Å². The lowest BCUT2D eigenvalue weighted by atomic mass is 10.2. The quantitative estimate of drug-likeness (QED) is 0.655. The molecule has 2 rings (SSSR count). The standard InChI is InChI=1S/C12H25N3O2/c13-11(10-16)1-3-14-4-2-12(9-14)15-5-7-17-8-6-15/h11-12,16H,1-10,13H2. The summed E-state index contributed by atoms with van der Waals surface area (Å²) in [5, 5.41) is 8.90. The first-order valence-electron chi connectivity index (χ1n) is 6.70. The number of hydrogen-bond donors (Lipinski definition) is 2. The fourth-order valence-corrected chi connectivity index (χ4v) is 2.70. The molecule has 3 N–H and O–H groups in total. The first-order chi connectivity index (χ1) is 8.29. The van der Waals surface area contributed by atoms with Crippen molar-refractivity contribution in [1.29, 1.82) is 0 Å². The highest BCUT2D eigenvalue weighted by molar-refractivity contribution is 4.84. The Balaban J connectivity index is 1.67. The molecule has 5 heteroatoms. The average Bonchev–Trinajstić information content (AvgIpc) is 2.86. The van der Waals surface area contributed by atoms with Gasteiger partial charge >= 0.3 is 0 Å². The number of aliphatic hydroxyl groups is 1. The first-order valence-corrected chi connectivity index (χ1v) is 6.70. The van der Waals surface area contributed by atoms with E-state index in [1.165, 1.54) is 13.0 Å². The lowest BCUT2D eigenvalue weighted by Crippen LogP contribution is -2.44. The molecule has 0 aromatic carbocycles. The zero-order valence-electron chi connectivity index (χ0n) is 10.6. The predicted octanol–water partition coefficient (Wildman–Crippen LogP) is -0.897. The Labute approximate surface area is 104 Å². The lowest BCUT2D eigenvalue weighted by molar-refractivity contribution is 0.0184. The first kappa shape index (κ1) is 13.2. The minimum Gasteiger partial charge on any atom is -0.395 e.